The molecule has 6 nitrogen and oxygen atoms in total. The lowest BCUT2D eigenvalue weighted by Crippen LogP contribution is -2.28. The van der Waals surface area contributed by atoms with E-state index in [1.165, 1.54) is 0 Å². The SMILES string of the molecule is CCCCCC(=O)OCC(C)OCC(C)OCC(C)OC(=O)CCCCC. The summed E-state index contributed by atoms with van der Waals surface area (Å²) in [6, 6.07) is 0. The minimum Gasteiger partial charge on any atom is -0.463 e. The molecule has 0 N–H and O–H groups in total. The molecule has 0 aliphatic rings. The second-order valence-corrected chi connectivity index (χ2v) is 7.19. The maximum atomic E-state index is 11.7. The number of rotatable bonds is 17. The number of carbonyl (C=O) groups is 2. The first-order valence-corrected chi connectivity index (χ1v) is 10.5. The number of hydrogen-bond donors (Lipinski definition) is 0. The van der Waals surface area contributed by atoms with Crippen LogP contribution < -0.4 is 0 Å². The van der Waals surface area contributed by atoms with E-state index in [0.717, 1.165) is 38.5 Å². The predicted molar refractivity (Wildman–Crippen MR) is 106 cm³/mol. The minimum atomic E-state index is -0.275. The van der Waals surface area contributed by atoms with E-state index in [2.05, 4.69) is 13.8 Å². The van der Waals surface area contributed by atoms with Gasteiger partial charge < -0.3 is 18.9 Å². The normalized spacial score (nSPS) is 14.4. The molecular weight excluding hydrogens is 348 g/mol. The second-order valence-electron chi connectivity index (χ2n) is 7.19. The van der Waals surface area contributed by atoms with Crippen LogP contribution in [-0.2, 0) is 28.5 Å². The van der Waals surface area contributed by atoms with Gasteiger partial charge in [0, 0.05) is 12.8 Å². The molecule has 0 saturated carbocycles. The average Bonchev–Trinajstić information content (AvgIpc) is 2.63. The molecule has 0 saturated heterocycles. The van der Waals surface area contributed by atoms with Crippen molar-refractivity contribution in [3.05, 3.63) is 0 Å². The fraction of sp³-hybridized carbons (Fsp3) is 0.905. The van der Waals surface area contributed by atoms with Crippen molar-refractivity contribution in [1.82, 2.24) is 0 Å². The molecule has 0 aromatic carbocycles. The third kappa shape index (κ3) is 16.7. The molecular formula is C21H40O6. The standard InChI is InChI=1S/C21H40O6/c1-6-8-10-12-20(22)26-15-18(4)24-14-17(3)25-16-19(5)27-21(23)13-11-9-7-2/h17-19H,6-16H2,1-5H3. The summed E-state index contributed by atoms with van der Waals surface area (Å²) >= 11 is 0. The van der Waals surface area contributed by atoms with Crippen molar-refractivity contribution in [2.45, 2.75) is 104 Å². The topological polar surface area (TPSA) is 71.1 Å². The molecule has 6 heteroatoms. The molecule has 3 unspecified atom stereocenters. The van der Waals surface area contributed by atoms with Crippen LogP contribution in [0.25, 0.3) is 0 Å². The summed E-state index contributed by atoms with van der Waals surface area (Å²) in [5.41, 5.74) is 0. The van der Waals surface area contributed by atoms with Crippen molar-refractivity contribution < 1.29 is 28.5 Å². The number of unbranched alkanes of at least 4 members (excludes halogenated alkanes) is 4. The third-order valence-corrected chi connectivity index (χ3v) is 4.01. The summed E-state index contributed by atoms with van der Waals surface area (Å²) in [5, 5.41) is 0. The predicted octanol–water partition coefficient (Wildman–Crippen LogP) is 4.43. The minimum absolute atomic E-state index is 0.131. The van der Waals surface area contributed by atoms with Crippen LogP contribution in [0, 0.1) is 0 Å². The van der Waals surface area contributed by atoms with Crippen molar-refractivity contribution in [3.63, 3.8) is 0 Å². The van der Waals surface area contributed by atoms with E-state index in [1.807, 2.05) is 20.8 Å². The molecule has 0 fully saturated rings. The highest BCUT2D eigenvalue weighted by atomic mass is 16.6. The van der Waals surface area contributed by atoms with Crippen LogP contribution in [0.1, 0.15) is 86.0 Å². The number of ether oxygens (including phenoxy) is 4. The highest BCUT2D eigenvalue weighted by Gasteiger charge is 2.13. The van der Waals surface area contributed by atoms with E-state index in [-0.39, 0.29) is 36.9 Å². The van der Waals surface area contributed by atoms with Crippen LogP contribution in [0.2, 0.25) is 0 Å². The smallest absolute Gasteiger partial charge is 0.306 e. The van der Waals surface area contributed by atoms with Crippen molar-refractivity contribution in [1.29, 1.82) is 0 Å². The molecule has 160 valence electrons. The van der Waals surface area contributed by atoms with Gasteiger partial charge in [-0.15, -0.1) is 0 Å². The molecule has 0 bridgehead atoms. The van der Waals surface area contributed by atoms with Gasteiger partial charge in [0.2, 0.25) is 0 Å². The lowest BCUT2D eigenvalue weighted by atomic mass is 10.2. The summed E-state index contributed by atoms with van der Waals surface area (Å²) in [5.74, 6) is -0.337. The molecule has 0 aromatic heterocycles. The fourth-order valence-electron chi connectivity index (χ4n) is 2.33. The van der Waals surface area contributed by atoms with Gasteiger partial charge in [-0.1, -0.05) is 39.5 Å². The zero-order chi connectivity index (χ0) is 20.5. The number of hydrogen-bond acceptors (Lipinski definition) is 6. The van der Waals surface area contributed by atoms with Crippen molar-refractivity contribution >= 4 is 11.9 Å². The van der Waals surface area contributed by atoms with Crippen LogP contribution in [0.5, 0.6) is 0 Å². The van der Waals surface area contributed by atoms with Gasteiger partial charge in [0.15, 0.2) is 0 Å². The van der Waals surface area contributed by atoms with Crippen LogP contribution in [0.15, 0.2) is 0 Å². The van der Waals surface area contributed by atoms with Gasteiger partial charge in [0.25, 0.3) is 0 Å². The highest BCUT2D eigenvalue weighted by Crippen LogP contribution is 2.05. The molecule has 0 aliphatic heterocycles. The zero-order valence-corrected chi connectivity index (χ0v) is 18.0. The van der Waals surface area contributed by atoms with Gasteiger partial charge in [0.05, 0.1) is 25.4 Å². The third-order valence-electron chi connectivity index (χ3n) is 4.01. The maximum absolute atomic E-state index is 11.7. The van der Waals surface area contributed by atoms with Crippen molar-refractivity contribution in [3.8, 4) is 0 Å². The molecule has 27 heavy (non-hydrogen) atoms. The number of carbonyl (C=O) groups excluding carboxylic acids is 2. The van der Waals surface area contributed by atoms with Gasteiger partial charge in [-0.25, -0.2) is 0 Å². The Morgan fingerprint density at radius 3 is 1.70 bits per heavy atom. The lowest BCUT2D eigenvalue weighted by Gasteiger charge is -2.20. The summed E-state index contributed by atoms with van der Waals surface area (Å²) in [6.45, 7) is 10.8. The van der Waals surface area contributed by atoms with Gasteiger partial charge >= 0.3 is 11.9 Å². The molecule has 0 rings (SSSR count). The van der Waals surface area contributed by atoms with E-state index in [9.17, 15) is 9.59 Å². The Bertz CT molecular complexity index is 385. The molecule has 0 aromatic rings. The Morgan fingerprint density at radius 1 is 0.667 bits per heavy atom. The Labute approximate surface area is 165 Å². The Kier molecular flexibility index (Phi) is 16.3. The first-order chi connectivity index (χ1) is 12.9. The Morgan fingerprint density at radius 2 is 1.15 bits per heavy atom. The first-order valence-electron chi connectivity index (χ1n) is 10.5. The zero-order valence-electron chi connectivity index (χ0n) is 18.0. The number of esters is 2. The van der Waals surface area contributed by atoms with E-state index in [0.29, 0.717) is 26.1 Å². The van der Waals surface area contributed by atoms with E-state index in [1.54, 1.807) is 0 Å². The molecule has 0 amide bonds. The van der Waals surface area contributed by atoms with Gasteiger partial charge in [-0.05, 0) is 33.6 Å². The molecule has 0 spiro atoms. The maximum Gasteiger partial charge on any atom is 0.306 e. The molecule has 0 heterocycles. The summed E-state index contributed by atoms with van der Waals surface area (Å²) in [7, 11) is 0. The second kappa shape index (κ2) is 17.0. The van der Waals surface area contributed by atoms with E-state index >= 15 is 0 Å². The van der Waals surface area contributed by atoms with Crippen LogP contribution >= 0.6 is 0 Å². The molecule has 0 aliphatic carbocycles. The van der Waals surface area contributed by atoms with Gasteiger partial charge in [-0.2, -0.15) is 0 Å². The summed E-state index contributed by atoms with van der Waals surface area (Å²) < 4.78 is 21.8. The quantitative estimate of drug-likeness (QED) is 0.271. The monoisotopic (exact) mass is 388 g/mol. The Balaban J connectivity index is 3.75. The van der Waals surface area contributed by atoms with E-state index in [4.69, 9.17) is 18.9 Å². The average molecular weight is 389 g/mol. The molecule has 0 radical (unpaired) electrons. The highest BCUT2D eigenvalue weighted by molar-refractivity contribution is 5.69. The van der Waals surface area contributed by atoms with Crippen molar-refractivity contribution in [2.24, 2.45) is 0 Å². The van der Waals surface area contributed by atoms with Gasteiger partial charge in [0.1, 0.15) is 12.7 Å². The van der Waals surface area contributed by atoms with Crippen LogP contribution in [-0.4, -0.2) is 50.1 Å². The van der Waals surface area contributed by atoms with Crippen LogP contribution in [0.3, 0.4) is 0 Å². The summed E-state index contributed by atoms with van der Waals surface area (Å²) in [6.07, 6.45) is 6.34. The Hall–Kier alpha value is -1.14. The fourth-order valence-corrected chi connectivity index (χ4v) is 2.33. The van der Waals surface area contributed by atoms with Gasteiger partial charge in [-0.3, -0.25) is 9.59 Å². The first kappa shape index (κ1) is 25.9. The van der Waals surface area contributed by atoms with Crippen molar-refractivity contribution in [2.75, 3.05) is 19.8 Å². The largest absolute Gasteiger partial charge is 0.463 e. The molecule has 3 atom stereocenters. The summed E-state index contributed by atoms with van der Waals surface area (Å²) in [4.78, 5) is 23.2. The van der Waals surface area contributed by atoms with Crippen LogP contribution in [0.4, 0.5) is 0 Å². The lowest BCUT2D eigenvalue weighted by molar-refractivity contribution is -0.154. The van der Waals surface area contributed by atoms with E-state index < -0.39 is 0 Å².